The van der Waals surface area contributed by atoms with Gasteiger partial charge in [-0.05, 0) is 30.3 Å². The number of hydrogen-bond acceptors (Lipinski definition) is 3. The van der Waals surface area contributed by atoms with Gasteiger partial charge in [0.2, 0.25) is 0 Å². The van der Waals surface area contributed by atoms with Crippen molar-refractivity contribution in [3.63, 3.8) is 0 Å². The van der Waals surface area contributed by atoms with E-state index in [9.17, 15) is 18.0 Å². The van der Waals surface area contributed by atoms with E-state index < -0.39 is 17.3 Å². The summed E-state index contributed by atoms with van der Waals surface area (Å²) in [4.78, 5) is 16.5. The summed E-state index contributed by atoms with van der Waals surface area (Å²) in [6.07, 6.45) is -3.48. The first kappa shape index (κ1) is 14.1. The van der Waals surface area contributed by atoms with E-state index in [1.165, 1.54) is 24.3 Å². The van der Waals surface area contributed by atoms with Gasteiger partial charge in [-0.25, -0.2) is 4.98 Å². The molecule has 0 saturated heterocycles. The molecule has 0 amide bonds. The Kier molecular flexibility index (Phi) is 3.13. The predicted octanol–water partition coefficient (Wildman–Crippen LogP) is 2.99. The van der Waals surface area contributed by atoms with Gasteiger partial charge >= 0.3 is 6.18 Å². The number of nitrogen functional groups attached to an aromatic ring is 1. The lowest BCUT2D eigenvalue weighted by Crippen LogP contribution is -2.22. The maximum atomic E-state index is 13.1. The summed E-state index contributed by atoms with van der Waals surface area (Å²) in [5.41, 5.74) is 4.57. The number of nitrogens with two attached hydrogens (primary N) is 1. The number of alkyl halides is 3. The number of benzene rings is 2. The molecule has 0 aliphatic heterocycles. The fourth-order valence-electron chi connectivity index (χ4n) is 2.23. The van der Waals surface area contributed by atoms with Crippen LogP contribution in [0.4, 0.5) is 18.9 Å². The molecule has 0 spiro atoms. The van der Waals surface area contributed by atoms with Crippen molar-refractivity contribution in [2.75, 3.05) is 5.73 Å². The lowest BCUT2D eigenvalue weighted by molar-refractivity contribution is -0.137. The second-order valence-electron chi connectivity index (χ2n) is 4.71. The topological polar surface area (TPSA) is 60.9 Å². The summed E-state index contributed by atoms with van der Waals surface area (Å²) in [5, 5.41) is 0.166. The standard InChI is InChI=1S/C15H10F3N3O/c16-15(17,18)11-3-1-2-4-13(11)21-8-20-12-6-5-9(19)7-10(12)14(21)22/h1-8H,19H2. The first-order valence-corrected chi connectivity index (χ1v) is 6.31. The van der Waals surface area contributed by atoms with Crippen LogP contribution in [0.5, 0.6) is 0 Å². The van der Waals surface area contributed by atoms with Crippen molar-refractivity contribution in [1.29, 1.82) is 0 Å². The zero-order valence-corrected chi connectivity index (χ0v) is 11.1. The number of fused-ring (bicyclic) bond motifs is 1. The molecule has 2 aromatic carbocycles. The van der Waals surface area contributed by atoms with Gasteiger partial charge in [0.1, 0.15) is 6.33 Å². The Balaban J connectivity index is 2.33. The molecule has 1 heterocycles. The first-order chi connectivity index (χ1) is 10.4. The summed E-state index contributed by atoms with van der Waals surface area (Å²) in [7, 11) is 0. The van der Waals surface area contributed by atoms with Crippen LogP contribution in [0, 0.1) is 0 Å². The average molecular weight is 305 g/mol. The van der Waals surface area contributed by atoms with Crippen molar-refractivity contribution in [2.24, 2.45) is 0 Å². The van der Waals surface area contributed by atoms with E-state index in [2.05, 4.69) is 4.98 Å². The van der Waals surface area contributed by atoms with E-state index >= 15 is 0 Å². The van der Waals surface area contributed by atoms with Crippen molar-refractivity contribution < 1.29 is 13.2 Å². The number of nitrogens with zero attached hydrogens (tertiary/aromatic N) is 2. The molecule has 3 aromatic rings. The minimum atomic E-state index is -4.57. The molecule has 0 aliphatic carbocycles. The third-order valence-electron chi connectivity index (χ3n) is 3.25. The summed E-state index contributed by atoms with van der Waals surface area (Å²) in [6.45, 7) is 0. The van der Waals surface area contributed by atoms with E-state index in [1.807, 2.05) is 0 Å². The molecule has 0 radical (unpaired) electrons. The number of halogens is 3. The summed E-state index contributed by atoms with van der Waals surface area (Å²) >= 11 is 0. The highest BCUT2D eigenvalue weighted by Gasteiger charge is 2.33. The molecule has 7 heteroatoms. The highest BCUT2D eigenvalue weighted by Crippen LogP contribution is 2.33. The van der Waals surface area contributed by atoms with Gasteiger partial charge in [0.05, 0.1) is 22.2 Å². The zero-order chi connectivity index (χ0) is 15.9. The average Bonchev–Trinajstić information content (AvgIpc) is 2.47. The summed E-state index contributed by atoms with van der Waals surface area (Å²) < 4.78 is 40.1. The van der Waals surface area contributed by atoms with Crippen LogP contribution in [0.1, 0.15) is 5.56 Å². The monoisotopic (exact) mass is 305 g/mol. The van der Waals surface area contributed by atoms with Crippen LogP contribution in [0.2, 0.25) is 0 Å². The molecule has 0 aliphatic rings. The molecular formula is C15H10F3N3O. The summed E-state index contributed by atoms with van der Waals surface area (Å²) in [6, 6.07) is 9.37. The smallest absolute Gasteiger partial charge is 0.399 e. The second-order valence-corrected chi connectivity index (χ2v) is 4.71. The van der Waals surface area contributed by atoms with E-state index in [4.69, 9.17) is 5.73 Å². The molecular weight excluding hydrogens is 295 g/mol. The minimum Gasteiger partial charge on any atom is -0.399 e. The number of anilines is 1. The number of hydrogen-bond donors (Lipinski definition) is 1. The second kappa shape index (κ2) is 4.87. The minimum absolute atomic E-state index is 0.166. The van der Waals surface area contributed by atoms with Crippen LogP contribution in [-0.4, -0.2) is 9.55 Å². The van der Waals surface area contributed by atoms with Crippen LogP contribution in [0.15, 0.2) is 53.6 Å². The lowest BCUT2D eigenvalue weighted by atomic mass is 10.1. The molecule has 0 fully saturated rings. The third kappa shape index (κ3) is 2.30. The highest BCUT2D eigenvalue weighted by atomic mass is 19.4. The van der Waals surface area contributed by atoms with E-state index in [0.717, 1.165) is 17.0 Å². The van der Waals surface area contributed by atoms with Crippen LogP contribution >= 0.6 is 0 Å². The van der Waals surface area contributed by atoms with Crippen LogP contribution in [0.3, 0.4) is 0 Å². The Hall–Kier alpha value is -2.83. The number of rotatable bonds is 1. The Bertz CT molecular complexity index is 916. The molecule has 0 saturated carbocycles. The van der Waals surface area contributed by atoms with Crippen molar-refractivity contribution >= 4 is 16.6 Å². The van der Waals surface area contributed by atoms with Gasteiger partial charge in [0.25, 0.3) is 5.56 Å². The van der Waals surface area contributed by atoms with Crippen LogP contribution in [-0.2, 0) is 6.18 Å². The maximum absolute atomic E-state index is 13.1. The molecule has 112 valence electrons. The lowest BCUT2D eigenvalue weighted by Gasteiger charge is -2.14. The summed E-state index contributed by atoms with van der Waals surface area (Å²) in [5.74, 6) is 0. The van der Waals surface area contributed by atoms with Crippen molar-refractivity contribution in [3.05, 3.63) is 64.7 Å². The zero-order valence-electron chi connectivity index (χ0n) is 11.1. The van der Waals surface area contributed by atoms with Gasteiger partial charge in [-0.2, -0.15) is 13.2 Å². The Morgan fingerprint density at radius 3 is 2.55 bits per heavy atom. The molecule has 1 aromatic heterocycles. The van der Waals surface area contributed by atoms with Crippen LogP contribution in [0.25, 0.3) is 16.6 Å². The van der Waals surface area contributed by atoms with Gasteiger partial charge in [-0.1, -0.05) is 12.1 Å². The van der Waals surface area contributed by atoms with E-state index in [0.29, 0.717) is 11.2 Å². The highest BCUT2D eigenvalue weighted by molar-refractivity contribution is 5.81. The van der Waals surface area contributed by atoms with Gasteiger partial charge < -0.3 is 5.73 Å². The number of aromatic nitrogens is 2. The third-order valence-corrected chi connectivity index (χ3v) is 3.25. The van der Waals surface area contributed by atoms with Gasteiger partial charge in [-0.15, -0.1) is 0 Å². The van der Waals surface area contributed by atoms with Gasteiger partial charge in [0, 0.05) is 5.69 Å². The fraction of sp³-hybridized carbons (Fsp3) is 0.0667. The Morgan fingerprint density at radius 2 is 1.82 bits per heavy atom. The van der Waals surface area contributed by atoms with E-state index in [1.54, 1.807) is 12.1 Å². The number of para-hydroxylation sites is 1. The quantitative estimate of drug-likeness (QED) is 0.703. The van der Waals surface area contributed by atoms with Gasteiger partial charge in [-0.3, -0.25) is 9.36 Å². The van der Waals surface area contributed by atoms with Crippen molar-refractivity contribution in [1.82, 2.24) is 9.55 Å². The van der Waals surface area contributed by atoms with Crippen LogP contribution < -0.4 is 11.3 Å². The molecule has 3 rings (SSSR count). The first-order valence-electron chi connectivity index (χ1n) is 6.31. The largest absolute Gasteiger partial charge is 0.418 e. The predicted molar refractivity (Wildman–Crippen MR) is 76.8 cm³/mol. The fourth-order valence-corrected chi connectivity index (χ4v) is 2.23. The normalized spacial score (nSPS) is 11.8. The maximum Gasteiger partial charge on any atom is 0.418 e. The SMILES string of the molecule is Nc1ccc2ncn(-c3ccccc3C(F)(F)F)c(=O)c2c1. The van der Waals surface area contributed by atoms with E-state index in [-0.39, 0.29) is 11.1 Å². The molecule has 22 heavy (non-hydrogen) atoms. The van der Waals surface area contributed by atoms with Gasteiger partial charge in [0.15, 0.2) is 0 Å². The molecule has 0 atom stereocenters. The molecule has 4 nitrogen and oxygen atoms in total. The molecule has 0 unspecified atom stereocenters. The van der Waals surface area contributed by atoms with Crippen molar-refractivity contribution in [2.45, 2.75) is 6.18 Å². The molecule has 0 bridgehead atoms. The Labute approximate surface area is 122 Å². The van der Waals surface area contributed by atoms with Crippen molar-refractivity contribution in [3.8, 4) is 5.69 Å². The Morgan fingerprint density at radius 1 is 1.09 bits per heavy atom. The molecule has 2 N–H and O–H groups in total.